The van der Waals surface area contributed by atoms with Crippen LogP contribution >= 0.6 is 0 Å². The molecule has 1 aliphatic heterocycles. The average molecular weight is 335 g/mol. The number of allylic oxidation sites excluding steroid dienone is 1. The zero-order chi connectivity index (χ0) is 17.5. The van der Waals surface area contributed by atoms with E-state index >= 15 is 0 Å². The van der Waals surface area contributed by atoms with Crippen molar-refractivity contribution in [2.45, 2.75) is 32.6 Å². The number of carbonyl (C=O) groups is 2. The third-order valence-corrected chi connectivity index (χ3v) is 3.78. The molecule has 24 heavy (non-hydrogen) atoms. The Labute approximate surface area is 140 Å². The van der Waals surface area contributed by atoms with E-state index in [9.17, 15) is 14.0 Å². The zero-order valence-corrected chi connectivity index (χ0v) is 13.9. The fraction of sp³-hybridized carbons (Fsp3) is 0.444. The van der Waals surface area contributed by atoms with Gasteiger partial charge in [0.1, 0.15) is 12.4 Å². The van der Waals surface area contributed by atoms with E-state index in [0.29, 0.717) is 24.5 Å². The van der Waals surface area contributed by atoms with Gasteiger partial charge >= 0.3 is 5.97 Å². The molecule has 0 radical (unpaired) electrons. The summed E-state index contributed by atoms with van der Waals surface area (Å²) in [5.74, 6) is -1.89. The number of ether oxygens (including phenoxy) is 2. The first-order valence-corrected chi connectivity index (χ1v) is 8.04. The normalized spacial score (nSPS) is 17.6. The maximum atomic E-state index is 14.1. The summed E-state index contributed by atoms with van der Waals surface area (Å²) in [6, 6.07) is 6.16. The molecule has 0 aromatic heterocycles. The molecular formula is C18H22FNO4. The second kappa shape index (κ2) is 8.59. The van der Waals surface area contributed by atoms with Crippen LogP contribution in [0.3, 0.4) is 0 Å². The van der Waals surface area contributed by atoms with E-state index in [-0.39, 0.29) is 24.5 Å². The fourth-order valence-electron chi connectivity index (χ4n) is 2.71. The Balaban J connectivity index is 2.17. The lowest BCUT2D eigenvalue weighted by molar-refractivity contribution is -0.141. The van der Waals surface area contributed by atoms with Crippen LogP contribution in [0, 0.1) is 5.82 Å². The minimum Gasteiger partial charge on any atom is -0.460 e. The maximum absolute atomic E-state index is 14.1. The molecule has 0 saturated carbocycles. The summed E-state index contributed by atoms with van der Waals surface area (Å²) in [7, 11) is 0. The zero-order valence-electron chi connectivity index (χ0n) is 13.9. The average Bonchev–Trinajstić information content (AvgIpc) is 2.54. The van der Waals surface area contributed by atoms with Crippen molar-refractivity contribution in [3.8, 4) is 0 Å². The van der Waals surface area contributed by atoms with Gasteiger partial charge in [-0.25, -0.2) is 9.18 Å². The van der Waals surface area contributed by atoms with Gasteiger partial charge < -0.3 is 14.8 Å². The summed E-state index contributed by atoms with van der Waals surface area (Å²) in [5.41, 5.74) is 1.01. The Morgan fingerprint density at radius 2 is 2.04 bits per heavy atom. The predicted octanol–water partition coefficient (Wildman–Crippen LogP) is 2.67. The van der Waals surface area contributed by atoms with Crippen molar-refractivity contribution in [3.63, 3.8) is 0 Å². The second-order valence-electron chi connectivity index (χ2n) is 5.61. The number of carbonyl (C=O) groups excluding carboxylic acids is 2. The second-order valence-corrected chi connectivity index (χ2v) is 5.61. The van der Waals surface area contributed by atoms with Gasteiger partial charge in [-0.2, -0.15) is 0 Å². The van der Waals surface area contributed by atoms with Gasteiger partial charge in [0.15, 0.2) is 0 Å². The number of benzene rings is 1. The molecule has 1 aromatic rings. The lowest BCUT2D eigenvalue weighted by atomic mass is 9.84. The van der Waals surface area contributed by atoms with Crippen LogP contribution in [0.5, 0.6) is 0 Å². The van der Waals surface area contributed by atoms with Crippen molar-refractivity contribution >= 4 is 11.9 Å². The maximum Gasteiger partial charge on any atom is 0.336 e. The number of nitrogens with one attached hydrogen (secondary N) is 1. The van der Waals surface area contributed by atoms with Crippen molar-refractivity contribution in [1.29, 1.82) is 0 Å². The van der Waals surface area contributed by atoms with Crippen LogP contribution in [0.15, 0.2) is 35.5 Å². The lowest BCUT2D eigenvalue weighted by Gasteiger charge is -2.26. The molecule has 0 fully saturated rings. The van der Waals surface area contributed by atoms with Crippen molar-refractivity contribution in [3.05, 3.63) is 46.9 Å². The number of hydrogen-bond acceptors (Lipinski definition) is 4. The van der Waals surface area contributed by atoms with Crippen LogP contribution in [-0.4, -0.2) is 31.7 Å². The van der Waals surface area contributed by atoms with E-state index in [0.717, 1.165) is 6.42 Å². The molecule has 1 amide bonds. The molecule has 1 aromatic carbocycles. The van der Waals surface area contributed by atoms with Gasteiger partial charge in [-0.15, -0.1) is 0 Å². The van der Waals surface area contributed by atoms with Crippen LogP contribution in [0.1, 0.15) is 38.2 Å². The van der Waals surface area contributed by atoms with Crippen LogP contribution in [0.4, 0.5) is 4.39 Å². The molecule has 1 N–H and O–H groups in total. The van der Waals surface area contributed by atoms with Gasteiger partial charge in [-0.1, -0.05) is 25.1 Å². The smallest absolute Gasteiger partial charge is 0.336 e. The number of amides is 1. The third kappa shape index (κ3) is 4.41. The standard InChI is InChI=1S/C18H22FNO4/c1-3-8-23-9-10-24-18(22)17-12(2)20-16(21)11-14(17)13-6-4-5-7-15(13)19/h4-7,14H,3,8-11H2,1-2H3,(H,20,21)/t14-/m0/s1. The van der Waals surface area contributed by atoms with E-state index in [1.165, 1.54) is 6.07 Å². The van der Waals surface area contributed by atoms with Crippen LogP contribution in [0.2, 0.25) is 0 Å². The summed E-state index contributed by atoms with van der Waals surface area (Å²) >= 11 is 0. The van der Waals surface area contributed by atoms with E-state index < -0.39 is 17.7 Å². The minimum absolute atomic E-state index is 0.00897. The van der Waals surface area contributed by atoms with Gasteiger partial charge in [-0.05, 0) is 25.0 Å². The Morgan fingerprint density at radius 1 is 1.29 bits per heavy atom. The summed E-state index contributed by atoms with van der Waals surface area (Å²) in [4.78, 5) is 24.3. The largest absolute Gasteiger partial charge is 0.460 e. The molecule has 130 valence electrons. The quantitative estimate of drug-likeness (QED) is 0.615. The minimum atomic E-state index is -0.649. The molecular weight excluding hydrogens is 313 g/mol. The molecule has 1 heterocycles. The summed E-state index contributed by atoms with van der Waals surface area (Å²) in [5, 5.41) is 2.63. The van der Waals surface area contributed by atoms with Crippen molar-refractivity contribution < 1.29 is 23.5 Å². The first-order chi connectivity index (χ1) is 11.5. The Kier molecular flexibility index (Phi) is 6.49. The third-order valence-electron chi connectivity index (χ3n) is 3.78. The molecule has 2 rings (SSSR count). The van der Waals surface area contributed by atoms with Gasteiger partial charge in [0.2, 0.25) is 5.91 Å². The monoisotopic (exact) mass is 335 g/mol. The van der Waals surface area contributed by atoms with Gasteiger partial charge in [0.05, 0.1) is 12.2 Å². The summed E-state index contributed by atoms with van der Waals surface area (Å²) < 4.78 is 24.6. The Hall–Kier alpha value is -2.21. The van der Waals surface area contributed by atoms with E-state index in [4.69, 9.17) is 9.47 Å². The van der Waals surface area contributed by atoms with Crippen molar-refractivity contribution in [2.24, 2.45) is 0 Å². The molecule has 1 aliphatic rings. The highest BCUT2D eigenvalue weighted by molar-refractivity contribution is 5.95. The van der Waals surface area contributed by atoms with Gasteiger partial charge in [0.25, 0.3) is 0 Å². The highest BCUT2D eigenvalue weighted by atomic mass is 19.1. The molecule has 0 bridgehead atoms. The van der Waals surface area contributed by atoms with Crippen molar-refractivity contribution in [1.82, 2.24) is 5.32 Å². The number of esters is 1. The van der Waals surface area contributed by atoms with Gasteiger partial charge in [-0.3, -0.25) is 4.79 Å². The highest BCUT2D eigenvalue weighted by Crippen LogP contribution is 2.34. The van der Waals surface area contributed by atoms with E-state index in [2.05, 4.69) is 5.32 Å². The van der Waals surface area contributed by atoms with Crippen molar-refractivity contribution in [2.75, 3.05) is 19.8 Å². The molecule has 1 atom stereocenters. The number of halogens is 1. The Bertz CT molecular complexity index is 642. The predicted molar refractivity (Wildman–Crippen MR) is 86.7 cm³/mol. The number of hydrogen-bond donors (Lipinski definition) is 1. The van der Waals surface area contributed by atoms with Crippen LogP contribution in [-0.2, 0) is 19.1 Å². The van der Waals surface area contributed by atoms with Gasteiger partial charge in [0, 0.05) is 24.6 Å². The first kappa shape index (κ1) is 18.1. The van der Waals surface area contributed by atoms with E-state index in [1.807, 2.05) is 6.92 Å². The fourth-order valence-corrected chi connectivity index (χ4v) is 2.71. The van der Waals surface area contributed by atoms with E-state index in [1.54, 1.807) is 25.1 Å². The highest BCUT2D eigenvalue weighted by Gasteiger charge is 2.34. The lowest BCUT2D eigenvalue weighted by Crippen LogP contribution is -2.34. The van der Waals surface area contributed by atoms with Crippen LogP contribution < -0.4 is 5.32 Å². The molecule has 0 saturated heterocycles. The summed E-state index contributed by atoms with van der Waals surface area (Å²) in [6.45, 7) is 4.64. The SMILES string of the molecule is CCCOCCOC(=O)C1=C(C)NC(=O)C[C@H]1c1ccccc1F. The molecule has 0 unspecified atom stereocenters. The topological polar surface area (TPSA) is 64.6 Å². The number of rotatable bonds is 7. The summed E-state index contributed by atoms with van der Waals surface area (Å²) in [6.07, 6.45) is 0.897. The molecule has 5 nitrogen and oxygen atoms in total. The Morgan fingerprint density at radius 3 is 2.75 bits per heavy atom. The molecule has 0 aliphatic carbocycles. The first-order valence-electron chi connectivity index (χ1n) is 8.04. The van der Waals surface area contributed by atoms with Crippen LogP contribution in [0.25, 0.3) is 0 Å². The molecule has 6 heteroatoms. The molecule has 0 spiro atoms.